The average molecular weight is 186 g/mol. The van der Waals surface area contributed by atoms with Crippen LogP contribution >= 0.6 is 0 Å². The molecule has 0 aromatic heterocycles. The van der Waals surface area contributed by atoms with Crippen LogP contribution < -0.4 is 4.80 Å². The molecule has 4 nitrogen and oxygen atoms in total. The molecule has 10 heavy (non-hydrogen) atoms. The molecule has 0 aromatic rings. The van der Waals surface area contributed by atoms with Gasteiger partial charge in [0.2, 0.25) is 0 Å². The summed E-state index contributed by atoms with van der Waals surface area (Å²) in [6, 6.07) is 0. The van der Waals surface area contributed by atoms with E-state index in [1.165, 1.54) is 0 Å². The summed E-state index contributed by atoms with van der Waals surface area (Å²) in [4.78, 5) is 9.66. The first-order chi connectivity index (χ1) is 3.66. The molecule has 0 bridgehead atoms. The summed E-state index contributed by atoms with van der Waals surface area (Å²) in [6.45, 7) is 1.62. The molecule has 0 saturated heterocycles. The Labute approximate surface area is 87.8 Å². The fraction of sp³-hybridized carbons (Fsp3) is 1.00. The molecule has 7 heteroatoms. The van der Waals surface area contributed by atoms with Crippen molar-refractivity contribution >= 4 is 49.6 Å². The van der Waals surface area contributed by atoms with Gasteiger partial charge < -0.3 is 18.8 Å². The predicted molar refractivity (Wildman–Crippen MR) is 35.3 cm³/mol. The van der Waals surface area contributed by atoms with Crippen LogP contribution in [0.3, 0.4) is 0 Å². The van der Waals surface area contributed by atoms with E-state index in [1.54, 1.807) is 6.92 Å². The van der Waals surface area contributed by atoms with Crippen LogP contribution in [-0.2, 0) is 8.89 Å². The van der Waals surface area contributed by atoms with Gasteiger partial charge in [0.1, 0.15) is 6.29 Å². The second kappa shape index (κ2) is 9.88. The number of hydrogen-bond acceptors (Lipinski definition) is 4. The van der Waals surface area contributed by atoms with Crippen LogP contribution in [-0.4, -0.2) is 61.0 Å². The summed E-state index contributed by atoms with van der Waals surface area (Å²) in [6.07, 6.45) is -0.863. The van der Waals surface area contributed by atoms with Crippen LogP contribution in [0.15, 0.2) is 0 Å². The summed E-state index contributed by atoms with van der Waals surface area (Å²) in [5.41, 5.74) is 0. The zero-order chi connectivity index (χ0) is 6.57. The average Bonchev–Trinajstić information content (AvgIpc) is 1.65. The van der Waals surface area contributed by atoms with Gasteiger partial charge in [0.25, 0.3) is 0 Å². The smallest absolute Gasteiger partial charge is 0.563 e. The minimum Gasteiger partial charge on any atom is -0.563 e. The van der Waals surface area contributed by atoms with E-state index < -0.39 is 15.5 Å². The van der Waals surface area contributed by atoms with Crippen molar-refractivity contribution in [2.75, 3.05) is 0 Å². The third-order valence-corrected chi connectivity index (χ3v) is 1.05. The fourth-order valence-electron chi connectivity index (χ4n) is 0.194. The molecule has 0 aromatic carbocycles. The Bertz CT molecular complexity index is 92.6. The molecule has 0 aliphatic carbocycles. The maximum atomic E-state index is 9.66. The van der Waals surface area contributed by atoms with Crippen molar-refractivity contribution in [3.05, 3.63) is 0 Å². The number of aliphatic hydroxyl groups is 1. The van der Waals surface area contributed by atoms with Crippen LogP contribution in [0.1, 0.15) is 13.3 Å². The van der Waals surface area contributed by atoms with Gasteiger partial charge in [0.15, 0.2) is 0 Å². The summed E-state index contributed by atoms with van der Waals surface area (Å²) in [5.74, 6) is 0. The van der Waals surface area contributed by atoms with Crippen LogP contribution in [0.4, 0.5) is 0 Å². The van der Waals surface area contributed by atoms with E-state index in [2.05, 4.69) is 4.43 Å². The molecule has 0 spiro atoms. The van der Waals surface area contributed by atoms with E-state index in [0.29, 0.717) is 6.42 Å². The Balaban J connectivity index is -0.000000245. The van der Waals surface area contributed by atoms with Crippen molar-refractivity contribution in [3.8, 4) is 0 Å². The van der Waals surface area contributed by atoms with E-state index in [-0.39, 0.29) is 40.4 Å². The van der Waals surface area contributed by atoms with Crippen LogP contribution in [0, 0.1) is 0 Å². The number of rotatable bonds is 3. The standard InChI is InChI=1S/C3H7O4Si.Al.Mg/c1-2-3(4)7-8(5)6;;/h3-4H,2H2,1H3;;/q-1;+3;+2. The normalized spacial score (nSPS) is 10.2. The first-order valence-corrected chi connectivity index (χ1v) is 3.45. The molecule has 0 radical (unpaired) electrons. The van der Waals surface area contributed by atoms with Gasteiger partial charge in [0, 0.05) is 0 Å². The number of hydrogen-bond donors (Lipinski definition) is 1. The Morgan fingerprint density at radius 2 is 2.20 bits per heavy atom. The third kappa shape index (κ3) is 11.6. The van der Waals surface area contributed by atoms with Crippen molar-refractivity contribution in [3.63, 3.8) is 0 Å². The van der Waals surface area contributed by atoms with E-state index >= 15 is 0 Å². The van der Waals surface area contributed by atoms with Gasteiger partial charge in [-0.15, -0.1) is 0 Å². The summed E-state index contributed by atoms with van der Waals surface area (Å²) < 4.78 is 13.6. The zero-order valence-corrected chi connectivity index (χ0v) is 9.31. The van der Waals surface area contributed by atoms with Gasteiger partial charge in [0.05, 0.1) is 0 Å². The Kier molecular flexibility index (Phi) is 16.9. The van der Waals surface area contributed by atoms with E-state index in [1.807, 2.05) is 0 Å². The minimum absolute atomic E-state index is 0. The Hall–Kier alpha value is 0.876. The number of aliphatic hydroxyl groups excluding tert-OH is 1. The van der Waals surface area contributed by atoms with Crippen LogP contribution in [0.2, 0.25) is 0 Å². The monoisotopic (exact) mass is 186 g/mol. The van der Waals surface area contributed by atoms with Gasteiger partial charge in [-0.3, -0.25) is 0 Å². The topological polar surface area (TPSA) is 69.6 Å². The maximum absolute atomic E-state index is 9.66. The second-order valence-electron chi connectivity index (χ2n) is 1.23. The summed E-state index contributed by atoms with van der Waals surface area (Å²) in [5, 5.41) is 8.43. The van der Waals surface area contributed by atoms with Gasteiger partial charge in [-0.25, -0.2) is 0 Å². The molecule has 0 aliphatic heterocycles. The van der Waals surface area contributed by atoms with Crippen molar-refractivity contribution in [2.24, 2.45) is 0 Å². The molecule has 0 fully saturated rings. The van der Waals surface area contributed by atoms with Crippen LogP contribution in [0.25, 0.3) is 0 Å². The molecule has 0 aliphatic rings. The maximum Gasteiger partial charge on any atom is 3.00 e. The first-order valence-electron chi connectivity index (χ1n) is 2.22. The molecule has 1 atom stereocenters. The molecule has 1 unspecified atom stereocenters. The quantitative estimate of drug-likeness (QED) is 0.399. The second-order valence-corrected chi connectivity index (χ2v) is 1.97. The van der Waals surface area contributed by atoms with Gasteiger partial charge in [-0.2, -0.15) is 0 Å². The molecular formula is C3H7AlMgO4Si+4. The zero-order valence-electron chi connectivity index (χ0n) is 5.74. The molecule has 48 valence electrons. The van der Waals surface area contributed by atoms with Crippen molar-refractivity contribution in [1.82, 2.24) is 0 Å². The fourth-order valence-corrected chi connectivity index (χ4v) is 0.583. The molecular weight excluding hydrogens is 179 g/mol. The van der Waals surface area contributed by atoms with Gasteiger partial charge in [-0.1, -0.05) is 6.92 Å². The predicted octanol–water partition coefficient (Wildman–Crippen LogP) is -2.25. The van der Waals surface area contributed by atoms with Crippen molar-refractivity contribution in [2.45, 2.75) is 19.6 Å². The molecule has 1 N–H and O–H groups in total. The molecule has 0 heterocycles. The SMILES string of the molecule is CCC(O)O[Si](=O)[O-].[Al+3].[Mg+2]. The van der Waals surface area contributed by atoms with Gasteiger partial charge in [-0.05, 0) is 6.42 Å². The molecule has 0 rings (SSSR count). The Morgan fingerprint density at radius 3 is 2.30 bits per heavy atom. The summed E-state index contributed by atoms with van der Waals surface area (Å²) >= 11 is 0. The van der Waals surface area contributed by atoms with E-state index in [4.69, 9.17) is 5.11 Å². The van der Waals surface area contributed by atoms with Crippen LogP contribution in [0.5, 0.6) is 0 Å². The van der Waals surface area contributed by atoms with Crippen molar-refractivity contribution in [1.29, 1.82) is 0 Å². The largest absolute Gasteiger partial charge is 3.00 e. The van der Waals surface area contributed by atoms with E-state index in [9.17, 15) is 9.26 Å². The molecule has 0 amide bonds. The molecule has 0 saturated carbocycles. The van der Waals surface area contributed by atoms with E-state index in [0.717, 1.165) is 0 Å². The Morgan fingerprint density at radius 1 is 1.80 bits per heavy atom. The van der Waals surface area contributed by atoms with Gasteiger partial charge >= 0.3 is 49.6 Å². The summed E-state index contributed by atoms with van der Waals surface area (Å²) in [7, 11) is -3.20. The minimum atomic E-state index is -3.20. The first kappa shape index (κ1) is 17.1. The van der Waals surface area contributed by atoms with Crippen molar-refractivity contribution < 1.29 is 18.8 Å². The third-order valence-electron chi connectivity index (χ3n) is 0.582.